The molecule has 2 rings (SSSR count). The summed E-state index contributed by atoms with van der Waals surface area (Å²) in [6.07, 6.45) is 4.44. The highest BCUT2D eigenvalue weighted by Gasteiger charge is 2.17. The Hall–Kier alpha value is -1.84. The van der Waals surface area contributed by atoms with Crippen LogP contribution >= 0.6 is 0 Å². The van der Waals surface area contributed by atoms with Crippen LogP contribution in [0.1, 0.15) is 48.5 Å². The number of hydrogen-bond donors (Lipinski definition) is 2. The topological polar surface area (TPSA) is 61.7 Å². The molecule has 0 unspecified atom stereocenters. The largest absolute Gasteiger partial charge is 0.507 e. The molecule has 1 aliphatic carbocycles. The fraction of sp³-hybridized carbons (Fsp3) is 0.467. The summed E-state index contributed by atoms with van der Waals surface area (Å²) in [7, 11) is 0. The van der Waals surface area contributed by atoms with Crippen molar-refractivity contribution in [3.8, 4) is 5.75 Å². The van der Waals surface area contributed by atoms with Crippen LogP contribution < -0.4 is 5.43 Å². The number of aromatic hydroxyl groups is 1. The quantitative estimate of drug-likeness (QED) is 0.803. The highest BCUT2D eigenvalue weighted by Crippen LogP contribution is 2.22. The van der Waals surface area contributed by atoms with Crippen molar-refractivity contribution in [1.29, 1.82) is 0 Å². The second-order valence-electron chi connectivity index (χ2n) is 5.16. The first kappa shape index (κ1) is 13.6. The van der Waals surface area contributed by atoms with Gasteiger partial charge in [-0.15, -0.1) is 0 Å². The number of rotatable bonds is 2. The van der Waals surface area contributed by atoms with E-state index in [-0.39, 0.29) is 17.2 Å². The standard InChI is InChI=1S/C15H20N2O2/c1-10-6-3-4-9-13(10)16-17-15(19)12-8-5-7-11(2)14(12)18/h5,7-8,10,18H,3-4,6,9H2,1-2H3,(H,17,19)/b16-13+/t10-/m0/s1. The number of nitrogens with zero attached hydrogens (tertiary/aromatic N) is 1. The normalized spacial score (nSPS) is 21.4. The molecule has 1 aromatic carbocycles. The van der Waals surface area contributed by atoms with Gasteiger partial charge in [-0.2, -0.15) is 5.10 Å². The third-order valence-corrected chi connectivity index (χ3v) is 3.67. The molecule has 0 heterocycles. The lowest BCUT2D eigenvalue weighted by Gasteiger charge is -2.19. The van der Waals surface area contributed by atoms with E-state index in [1.54, 1.807) is 25.1 Å². The third kappa shape index (κ3) is 3.13. The monoisotopic (exact) mass is 260 g/mol. The van der Waals surface area contributed by atoms with Gasteiger partial charge < -0.3 is 5.11 Å². The van der Waals surface area contributed by atoms with Crippen molar-refractivity contribution < 1.29 is 9.90 Å². The van der Waals surface area contributed by atoms with Crippen LogP contribution in [0.15, 0.2) is 23.3 Å². The number of phenolic OH excluding ortho intramolecular Hbond substituents is 1. The number of carbonyl (C=O) groups is 1. The van der Waals surface area contributed by atoms with Gasteiger partial charge in [0.15, 0.2) is 0 Å². The zero-order valence-electron chi connectivity index (χ0n) is 11.4. The molecule has 102 valence electrons. The van der Waals surface area contributed by atoms with E-state index in [2.05, 4.69) is 17.5 Å². The fourth-order valence-electron chi connectivity index (χ4n) is 2.36. The maximum Gasteiger partial charge on any atom is 0.275 e. The van der Waals surface area contributed by atoms with Gasteiger partial charge in [0.25, 0.3) is 5.91 Å². The summed E-state index contributed by atoms with van der Waals surface area (Å²) in [6.45, 7) is 3.90. The van der Waals surface area contributed by atoms with E-state index in [0.29, 0.717) is 11.5 Å². The second kappa shape index (κ2) is 5.87. The van der Waals surface area contributed by atoms with E-state index in [4.69, 9.17) is 0 Å². The van der Waals surface area contributed by atoms with Crippen molar-refractivity contribution in [2.24, 2.45) is 11.0 Å². The van der Waals surface area contributed by atoms with Gasteiger partial charge >= 0.3 is 0 Å². The molecule has 1 atom stereocenters. The Morgan fingerprint density at radius 3 is 2.95 bits per heavy atom. The average Bonchev–Trinajstić information content (AvgIpc) is 2.40. The molecule has 1 fully saturated rings. The maximum atomic E-state index is 12.0. The van der Waals surface area contributed by atoms with Gasteiger partial charge in [-0.1, -0.05) is 25.5 Å². The number of hydrogen-bond acceptors (Lipinski definition) is 3. The van der Waals surface area contributed by atoms with E-state index in [1.165, 1.54) is 6.42 Å². The molecule has 0 spiro atoms. The molecule has 0 aromatic heterocycles. The lowest BCUT2D eigenvalue weighted by molar-refractivity contribution is 0.0951. The smallest absolute Gasteiger partial charge is 0.275 e. The van der Waals surface area contributed by atoms with Crippen LogP contribution in [0.3, 0.4) is 0 Å². The van der Waals surface area contributed by atoms with Crippen LogP contribution in [-0.2, 0) is 0 Å². The summed E-state index contributed by atoms with van der Waals surface area (Å²) in [5.41, 5.74) is 4.56. The van der Waals surface area contributed by atoms with Crippen LogP contribution in [0.25, 0.3) is 0 Å². The molecule has 2 N–H and O–H groups in total. The molecule has 4 heteroatoms. The van der Waals surface area contributed by atoms with E-state index >= 15 is 0 Å². The number of phenols is 1. The van der Waals surface area contributed by atoms with E-state index in [1.807, 2.05) is 0 Å². The number of carbonyl (C=O) groups excluding carboxylic acids is 1. The number of aryl methyl sites for hydroxylation is 1. The summed E-state index contributed by atoms with van der Waals surface area (Å²) >= 11 is 0. The van der Waals surface area contributed by atoms with Crippen molar-refractivity contribution in [2.45, 2.75) is 39.5 Å². The predicted octanol–water partition coefficient (Wildman–Crippen LogP) is 3.00. The summed E-state index contributed by atoms with van der Waals surface area (Å²) in [4.78, 5) is 12.0. The summed E-state index contributed by atoms with van der Waals surface area (Å²) in [5, 5.41) is 14.1. The van der Waals surface area contributed by atoms with E-state index in [9.17, 15) is 9.90 Å². The van der Waals surface area contributed by atoms with Gasteiger partial charge in [-0.25, -0.2) is 5.43 Å². The molecular formula is C15H20N2O2. The van der Waals surface area contributed by atoms with E-state index in [0.717, 1.165) is 25.0 Å². The minimum absolute atomic E-state index is 0.0249. The molecule has 1 amide bonds. The third-order valence-electron chi connectivity index (χ3n) is 3.67. The molecule has 1 aromatic rings. The van der Waals surface area contributed by atoms with Crippen LogP contribution in [0.2, 0.25) is 0 Å². The molecule has 0 aliphatic heterocycles. The highest BCUT2D eigenvalue weighted by molar-refractivity contribution is 5.98. The van der Waals surface area contributed by atoms with Gasteiger partial charge in [-0.3, -0.25) is 4.79 Å². The Morgan fingerprint density at radius 2 is 2.21 bits per heavy atom. The molecule has 0 radical (unpaired) electrons. The first-order valence-corrected chi connectivity index (χ1v) is 6.75. The second-order valence-corrected chi connectivity index (χ2v) is 5.16. The zero-order valence-corrected chi connectivity index (χ0v) is 11.4. The summed E-state index contributed by atoms with van der Waals surface area (Å²) < 4.78 is 0. The number of para-hydroxylation sites is 1. The average molecular weight is 260 g/mol. The van der Waals surface area contributed by atoms with Crippen molar-refractivity contribution in [1.82, 2.24) is 5.43 Å². The van der Waals surface area contributed by atoms with E-state index < -0.39 is 0 Å². The summed E-state index contributed by atoms with van der Waals surface area (Å²) in [5.74, 6) is 0.100. The molecule has 1 aliphatic rings. The van der Waals surface area contributed by atoms with Gasteiger partial charge in [-0.05, 0) is 43.7 Å². The van der Waals surface area contributed by atoms with Crippen LogP contribution in [0.4, 0.5) is 0 Å². The van der Waals surface area contributed by atoms with Crippen LogP contribution in [-0.4, -0.2) is 16.7 Å². The van der Waals surface area contributed by atoms with Gasteiger partial charge in [0.2, 0.25) is 0 Å². The minimum atomic E-state index is -0.355. The fourth-order valence-corrected chi connectivity index (χ4v) is 2.36. The lowest BCUT2D eigenvalue weighted by Crippen LogP contribution is -2.24. The first-order chi connectivity index (χ1) is 9.09. The Balaban J connectivity index is 2.09. The van der Waals surface area contributed by atoms with Gasteiger partial charge in [0.05, 0.1) is 5.56 Å². The first-order valence-electron chi connectivity index (χ1n) is 6.75. The minimum Gasteiger partial charge on any atom is -0.507 e. The molecule has 4 nitrogen and oxygen atoms in total. The van der Waals surface area contributed by atoms with Gasteiger partial charge in [0.1, 0.15) is 5.75 Å². The predicted molar refractivity (Wildman–Crippen MR) is 75.4 cm³/mol. The van der Waals surface area contributed by atoms with Gasteiger partial charge in [0, 0.05) is 5.71 Å². The molecule has 0 saturated heterocycles. The molecule has 0 bridgehead atoms. The van der Waals surface area contributed by atoms with Crippen molar-refractivity contribution in [3.63, 3.8) is 0 Å². The van der Waals surface area contributed by atoms with Crippen molar-refractivity contribution in [2.75, 3.05) is 0 Å². The van der Waals surface area contributed by atoms with Crippen molar-refractivity contribution >= 4 is 11.6 Å². The lowest BCUT2D eigenvalue weighted by atomic mass is 9.89. The van der Waals surface area contributed by atoms with Crippen LogP contribution in [0.5, 0.6) is 5.75 Å². The molecular weight excluding hydrogens is 240 g/mol. The molecule has 19 heavy (non-hydrogen) atoms. The van der Waals surface area contributed by atoms with Crippen molar-refractivity contribution in [3.05, 3.63) is 29.3 Å². The highest BCUT2D eigenvalue weighted by atomic mass is 16.3. The number of amides is 1. The zero-order chi connectivity index (χ0) is 13.8. The van der Waals surface area contributed by atoms with Crippen LogP contribution in [0, 0.1) is 12.8 Å². The summed E-state index contributed by atoms with van der Waals surface area (Å²) in [6, 6.07) is 5.11. The Bertz CT molecular complexity index is 509. The maximum absolute atomic E-state index is 12.0. The SMILES string of the molecule is Cc1cccc(C(=O)N/N=C2\CCCC[C@@H]2C)c1O. The Morgan fingerprint density at radius 1 is 1.42 bits per heavy atom. The number of nitrogens with one attached hydrogen (secondary N) is 1. The Kier molecular flexibility index (Phi) is 4.20. The number of benzene rings is 1. The number of hydrazone groups is 1. The molecule has 1 saturated carbocycles. The Labute approximate surface area is 113 Å².